The lowest BCUT2D eigenvalue weighted by Gasteiger charge is -2.17. The number of aryl methyl sites for hydroxylation is 1. The van der Waals surface area contributed by atoms with Crippen molar-refractivity contribution in [1.82, 2.24) is 4.90 Å². The van der Waals surface area contributed by atoms with Crippen LogP contribution in [0.1, 0.15) is 17.5 Å². The standard InChI is InChI=1S/C23H22N2O2/c1-16-6-8-17(9-7-16)14-25-15-20(13-22(25)26)23(27)24-21-11-10-18-4-2-3-5-19(18)12-21/h2-12,20H,13-15H2,1H3,(H,24,27)/t20-/m0/s1. The molecule has 1 saturated heterocycles. The van der Waals surface area contributed by atoms with E-state index in [4.69, 9.17) is 0 Å². The fourth-order valence-electron chi connectivity index (χ4n) is 3.53. The largest absolute Gasteiger partial charge is 0.338 e. The third-order valence-electron chi connectivity index (χ3n) is 5.10. The average Bonchev–Trinajstić information content (AvgIpc) is 3.04. The summed E-state index contributed by atoms with van der Waals surface area (Å²) in [6.07, 6.45) is 0.269. The lowest BCUT2D eigenvalue weighted by Crippen LogP contribution is -2.28. The molecule has 0 spiro atoms. The Morgan fingerprint density at radius 3 is 2.56 bits per heavy atom. The molecule has 1 aliphatic heterocycles. The summed E-state index contributed by atoms with van der Waals surface area (Å²) in [7, 11) is 0. The fourth-order valence-corrected chi connectivity index (χ4v) is 3.53. The predicted octanol–water partition coefficient (Wildman–Crippen LogP) is 4.14. The molecule has 1 fully saturated rings. The molecule has 2 amide bonds. The number of hydrogen-bond donors (Lipinski definition) is 1. The van der Waals surface area contributed by atoms with Gasteiger partial charge in [0, 0.05) is 25.2 Å². The Bertz CT molecular complexity index is 995. The second-order valence-electron chi connectivity index (χ2n) is 7.21. The zero-order valence-corrected chi connectivity index (χ0v) is 15.3. The van der Waals surface area contributed by atoms with Crippen LogP contribution in [0, 0.1) is 12.8 Å². The highest BCUT2D eigenvalue weighted by molar-refractivity contribution is 5.98. The number of benzene rings is 3. The topological polar surface area (TPSA) is 49.4 Å². The van der Waals surface area contributed by atoms with Crippen LogP contribution in [0.4, 0.5) is 5.69 Å². The number of carbonyl (C=O) groups excluding carboxylic acids is 2. The van der Waals surface area contributed by atoms with Crippen LogP contribution in [0.25, 0.3) is 10.8 Å². The predicted molar refractivity (Wildman–Crippen MR) is 107 cm³/mol. The Hall–Kier alpha value is -3.14. The van der Waals surface area contributed by atoms with Gasteiger partial charge in [-0.25, -0.2) is 0 Å². The fraction of sp³-hybridized carbons (Fsp3) is 0.217. The summed E-state index contributed by atoms with van der Waals surface area (Å²) in [4.78, 5) is 26.8. The highest BCUT2D eigenvalue weighted by Gasteiger charge is 2.34. The van der Waals surface area contributed by atoms with Gasteiger partial charge in [0.15, 0.2) is 0 Å². The number of likely N-dealkylation sites (tertiary alicyclic amines) is 1. The van der Waals surface area contributed by atoms with Crippen molar-refractivity contribution in [2.75, 3.05) is 11.9 Å². The first-order valence-corrected chi connectivity index (χ1v) is 9.21. The lowest BCUT2D eigenvalue weighted by molar-refractivity contribution is -0.128. The SMILES string of the molecule is Cc1ccc(CN2C[C@@H](C(=O)Nc3ccc4ccccc4c3)CC2=O)cc1. The molecule has 0 aromatic heterocycles. The monoisotopic (exact) mass is 358 g/mol. The minimum Gasteiger partial charge on any atom is -0.338 e. The minimum atomic E-state index is -0.311. The van der Waals surface area contributed by atoms with Gasteiger partial charge in [-0.05, 0) is 35.4 Å². The molecule has 4 heteroatoms. The molecule has 3 aromatic carbocycles. The molecular weight excluding hydrogens is 336 g/mol. The number of nitrogens with one attached hydrogen (secondary N) is 1. The van der Waals surface area contributed by atoms with Gasteiger partial charge in [-0.15, -0.1) is 0 Å². The highest BCUT2D eigenvalue weighted by atomic mass is 16.2. The van der Waals surface area contributed by atoms with Crippen LogP contribution in [0.15, 0.2) is 66.7 Å². The molecule has 0 radical (unpaired) electrons. The Balaban J connectivity index is 1.41. The second-order valence-corrected chi connectivity index (χ2v) is 7.21. The van der Waals surface area contributed by atoms with Gasteiger partial charge in [-0.1, -0.05) is 60.2 Å². The molecule has 4 rings (SSSR count). The van der Waals surface area contributed by atoms with Gasteiger partial charge >= 0.3 is 0 Å². The van der Waals surface area contributed by atoms with E-state index < -0.39 is 0 Å². The van der Waals surface area contributed by atoms with Crippen molar-refractivity contribution >= 4 is 28.3 Å². The molecule has 27 heavy (non-hydrogen) atoms. The van der Waals surface area contributed by atoms with Gasteiger partial charge in [0.05, 0.1) is 5.92 Å². The van der Waals surface area contributed by atoms with E-state index in [0.717, 1.165) is 22.0 Å². The smallest absolute Gasteiger partial charge is 0.229 e. The first kappa shape index (κ1) is 17.3. The molecule has 0 unspecified atom stereocenters. The maximum absolute atomic E-state index is 12.6. The van der Waals surface area contributed by atoms with Crippen LogP contribution in [0.3, 0.4) is 0 Å². The van der Waals surface area contributed by atoms with Crippen LogP contribution < -0.4 is 5.32 Å². The van der Waals surface area contributed by atoms with Crippen LogP contribution in [0.2, 0.25) is 0 Å². The zero-order chi connectivity index (χ0) is 18.8. The van der Waals surface area contributed by atoms with E-state index in [2.05, 4.69) is 5.32 Å². The van der Waals surface area contributed by atoms with Crippen molar-refractivity contribution in [1.29, 1.82) is 0 Å². The Kier molecular flexibility index (Phi) is 4.63. The normalized spacial score (nSPS) is 16.7. The summed E-state index contributed by atoms with van der Waals surface area (Å²) in [5.74, 6) is -0.367. The summed E-state index contributed by atoms with van der Waals surface area (Å²) < 4.78 is 0. The van der Waals surface area contributed by atoms with Crippen molar-refractivity contribution in [3.63, 3.8) is 0 Å². The van der Waals surface area contributed by atoms with Crippen LogP contribution in [-0.2, 0) is 16.1 Å². The summed E-state index contributed by atoms with van der Waals surface area (Å²) >= 11 is 0. The molecule has 4 nitrogen and oxygen atoms in total. The van der Waals surface area contributed by atoms with Crippen molar-refractivity contribution < 1.29 is 9.59 Å². The lowest BCUT2D eigenvalue weighted by atomic mass is 10.1. The van der Waals surface area contributed by atoms with E-state index in [-0.39, 0.29) is 24.2 Å². The van der Waals surface area contributed by atoms with Crippen molar-refractivity contribution in [3.8, 4) is 0 Å². The number of anilines is 1. The number of hydrogen-bond acceptors (Lipinski definition) is 2. The highest BCUT2D eigenvalue weighted by Crippen LogP contribution is 2.24. The van der Waals surface area contributed by atoms with E-state index in [1.165, 1.54) is 5.56 Å². The third kappa shape index (κ3) is 3.85. The van der Waals surface area contributed by atoms with Gasteiger partial charge in [0.2, 0.25) is 11.8 Å². The first-order valence-electron chi connectivity index (χ1n) is 9.21. The molecule has 3 aromatic rings. The van der Waals surface area contributed by atoms with Gasteiger partial charge < -0.3 is 10.2 Å². The maximum atomic E-state index is 12.6. The molecule has 0 bridgehead atoms. The summed E-state index contributed by atoms with van der Waals surface area (Å²) in [6.45, 7) is 3.06. The maximum Gasteiger partial charge on any atom is 0.229 e. The number of rotatable bonds is 4. The average molecular weight is 358 g/mol. The first-order chi connectivity index (χ1) is 13.1. The molecule has 1 heterocycles. The van der Waals surface area contributed by atoms with Crippen LogP contribution in [0.5, 0.6) is 0 Å². The second kappa shape index (κ2) is 7.23. The number of carbonyl (C=O) groups is 2. The molecule has 1 aliphatic rings. The minimum absolute atomic E-state index is 0.0363. The number of fused-ring (bicyclic) bond motifs is 1. The van der Waals surface area contributed by atoms with E-state index >= 15 is 0 Å². The van der Waals surface area contributed by atoms with Crippen LogP contribution >= 0.6 is 0 Å². The Morgan fingerprint density at radius 2 is 1.78 bits per heavy atom. The third-order valence-corrected chi connectivity index (χ3v) is 5.10. The number of nitrogens with zero attached hydrogens (tertiary/aromatic N) is 1. The van der Waals surface area contributed by atoms with Gasteiger partial charge in [-0.2, -0.15) is 0 Å². The van der Waals surface area contributed by atoms with Crippen molar-refractivity contribution in [2.45, 2.75) is 19.9 Å². The van der Waals surface area contributed by atoms with Gasteiger partial charge in [0.1, 0.15) is 0 Å². The van der Waals surface area contributed by atoms with Gasteiger partial charge in [0.25, 0.3) is 0 Å². The zero-order valence-electron chi connectivity index (χ0n) is 15.3. The molecular formula is C23H22N2O2. The van der Waals surface area contributed by atoms with E-state index in [0.29, 0.717) is 13.1 Å². The quantitative estimate of drug-likeness (QED) is 0.762. The molecule has 0 saturated carbocycles. The van der Waals surface area contributed by atoms with E-state index in [9.17, 15) is 9.59 Å². The Morgan fingerprint density at radius 1 is 1.04 bits per heavy atom. The summed E-state index contributed by atoms with van der Waals surface area (Å²) in [6, 6.07) is 22.0. The van der Waals surface area contributed by atoms with Crippen molar-refractivity contribution in [2.24, 2.45) is 5.92 Å². The summed E-state index contributed by atoms with van der Waals surface area (Å²) in [5, 5.41) is 5.19. The summed E-state index contributed by atoms with van der Waals surface area (Å²) in [5.41, 5.74) is 3.05. The Labute approximate surface area is 158 Å². The van der Waals surface area contributed by atoms with Crippen LogP contribution in [-0.4, -0.2) is 23.3 Å². The van der Waals surface area contributed by atoms with E-state index in [1.54, 1.807) is 4.90 Å². The molecule has 1 atom stereocenters. The number of amides is 2. The van der Waals surface area contributed by atoms with E-state index in [1.807, 2.05) is 73.7 Å². The molecule has 0 aliphatic carbocycles. The molecule has 136 valence electrons. The van der Waals surface area contributed by atoms with Crippen molar-refractivity contribution in [3.05, 3.63) is 77.9 Å². The van der Waals surface area contributed by atoms with Gasteiger partial charge in [-0.3, -0.25) is 9.59 Å². The molecule has 1 N–H and O–H groups in total.